The summed E-state index contributed by atoms with van der Waals surface area (Å²) >= 11 is 1.16. The van der Waals surface area contributed by atoms with Crippen LogP contribution in [0.2, 0.25) is 0 Å². The second-order valence-corrected chi connectivity index (χ2v) is 10.4. The number of ether oxygens (including phenoxy) is 1. The van der Waals surface area contributed by atoms with Crippen molar-refractivity contribution in [2.24, 2.45) is 5.92 Å². The van der Waals surface area contributed by atoms with E-state index in [2.05, 4.69) is 0 Å². The molecular formula is C20H26N2O4S2. The molecule has 28 heavy (non-hydrogen) atoms. The largest absolute Gasteiger partial charge is 0.494 e. The summed E-state index contributed by atoms with van der Waals surface area (Å²) in [6, 6.07) is 11.2. The Kier molecular flexibility index (Phi) is 6.74. The average Bonchev–Trinajstić information content (AvgIpc) is 3.35. The summed E-state index contributed by atoms with van der Waals surface area (Å²) in [4.78, 5) is 14.3. The summed E-state index contributed by atoms with van der Waals surface area (Å²) in [6.45, 7) is 3.84. The topological polar surface area (TPSA) is 66.9 Å². The van der Waals surface area contributed by atoms with E-state index in [-0.39, 0.29) is 16.7 Å². The minimum absolute atomic E-state index is 0.132. The van der Waals surface area contributed by atoms with Crippen molar-refractivity contribution < 1.29 is 17.9 Å². The van der Waals surface area contributed by atoms with E-state index in [1.165, 1.54) is 12.6 Å². The predicted octanol–water partition coefficient (Wildman–Crippen LogP) is 2.99. The maximum atomic E-state index is 12.5. The smallest absolute Gasteiger partial charge is 0.252 e. The van der Waals surface area contributed by atoms with Crippen molar-refractivity contribution >= 4 is 27.3 Å². The molecule has 152 valence electrons. The second-order valence-electron chi connectivity index (χ2n) is 7.14. The lowest BCUT2D eigenvalue weighted by Crippen LogP contribution is -2.40. The number of sulfonamides is 1. The van der Waals surface area contributed by atoms with E-state index in [1.807, 2.05) is 31.2 Å². The van der Waals surface area contributed by atoms with Crippen molar-refractivity contribution in [1.82, 2.24) is 9.21 Å². The van der Waals surface area contributed by atoms with Crippen LogP contribution in [0.3, 0.4) is 0 Å². The van der Waals surface area contributed by atoms with Crippen LogP contribution in [0.1, 0.15) is 18.4 Å². The maximum absolute atomic E-state index is 12.5. The Labute approximate surface area is 170 Å². The van der Waals surface area contributed by atoms with Crippen LogP contribution in [0.15, 0.2) is 46.0 Å². The lowest BCUT2D eigenvalue weighted by molar-refractivity contribution is -0.130. The van der Waals surface area contributed by atoms with Gasteiger partial charge in [0.15, 0.2) is 0 Å². The van der Waals surface area contributed by atoms with Crippen LogP contribution in [0.25, 0.3) is 0 Å². The molecule has 2 heterocycles. The summed E-state index contributed by atoms with van der Waals surface area (Å²) in [5.41, 5.74) is 1.20. The van der Waals surface area contributed by atoms with Crippen molar-refractivity contribution in [2.45, 2.75) is 24.0 Å². The van der Waals surface area contributed by atoms with Gasteiger partial charge in [-0.15, -0.1) is 11.3 Å². The van der Waals surface area contributed by atoms with E-state index >= 15 is 0 Å². The number of amides is 1. The third-order valence-corrected chi connectivity index (χ3v) is 8.15. The van der Waals surface area contributed by atoms with Crippen LogP contribution in [-0.4, -0.2) is 56.8 Å². The van der Waals surface area contributed by atoms with Gasteiger partial charge in [0, 0.05) is 20.1 Å². The molecule has 6 nitrogen and oxygen atoms in total. The molecule has 1 atom stereocenters. The van der Waals surface area contributed by atoms with Gasteiger partial charge in [-0.25, -0.2) is 8.42 Å². The Bertz CT molecular complexity index is 879. The molecule has 1 amide bonds. The van der Waals surface area contributed by atoms with E-state index in [0.717, 1.165) is 34.2 Å². The van der Waals surface area contributed by atoms with Gasteiger partial charge >= 0.3 is 0 Å². The van der Waals surface area contributed by atoms with E-state index in [4.69, 9.17) is 4.74 Å². The van der Waals surface area contributed by atoms with E-state index in [0.29, 0.717) is 25.6 Å². The van der Waals surface area contributed by atoms with Crippen LogP contribution >= 0.6 is 11.3 Å². The highest BCUT2D eigenvalue weighted by molar-refractivity contribution is 7.91. The fourth-order valence-corrected chi connectivity index (χ4v) is 5.53. The van der Waals surface area contributed by atoms with Crippen LogP contribution in [0, 0.1) is 12.8 Å². The second kappa shape index (κ2) is 9.07. The molecule has 0 bridgehead atoms. The zero-order valence-electron chi connectivity index (χ0n) is 16.2. The Morgan fingerprint density at radius 3 is 2.71 bits per heavy atom. The van der Waals surface area contributed by atoms with Gasteiger partial charge in [-0.1, -0.05) is 23.8 Å². The SMILES string of the molecule is Cc1ccc(OCCC2CCN(C(=O)CN(C)S(=O)(=O)c3cccs3)C2)cc1. The van der Waals surface area contributed by atoms with Gasteiger partial charge in [0.05, 0.1) is 13.2 Å². The van der Waals surface area contributed by atoms with E-state index < -0.39 is 10.0 Å². The van der Waals surface area contributed by atoms with Crippen molar-refractivity contribution in [3.8, 4) is 5.75 Å². The number of nitrogens with zero attached hydrogens (tertiary/aromatic N) is 2. The molecule has 0 radical (unpaired) electrons. The zero-order chi connectivity index (χ0) is 20.1. The van der Waals surface area contributed by atoms with Crippen molar-refractivity contribution in [3.05, 3.63) is 47.3 Å². The summed E-state index contributed by atoms with van der Waals surface area (Å²) in [6.07, 6.45) is 1.80. The molecule has 8 heteroatoms. The predicted molar refractivity (Wildman–Crippen MR) is 110 cm³/mol. The van der Waals surface area contributed by atoms with Crippen molar-refractivity contribution in [3.63, 3.8) is 0 Å². The van der Waals surface area contributed by atoms with Gasteiger partial charge in [-0.2, -0.15) is 4.31 Å². The molecular weight excluding hydrogens is 396 g/mol. The first-order valence-electron chi connectivity index (χ1n) is 9.33. The number of rotatable bonds is 8. The molecule has 0 saturated carbocycles. The Hall–Kier alpha value is -1.90. The quantitative estimate of drug-likeness (QED) is 0.656. The molecule has 1 aromatic heterocycles. The number of hydrogen-bond donors (Lipinski definition) is 0. The lowest BCUT2D eigenvalue weighted by atomic mass is 10.1. The van der Waals surface area contributed by atoms with E-state index in [1.54, 1.807) is 22.4 Å². The van der Waals surface area contributed by atoms with Gasteiger partial charge in [-0.3, -0.25) is 4.79 Å². The number of carbonyl (C=O) groups is 1. The first-order chi connectivity index (χ1) is 13.4. The molecule has 0 aliphatic carbocycles. The van der Waals surface area contributed by atoms with Gasteiger partial charge in [-0.05, 0) is 49.3 Å². The molecule has 1 aromatic carbocycles. The number of aryl methyl sites for hydroxylation is 1. The van der Waals surface area contributed by atoms with Crippen LogP contribution < -0.4 is 4.74 Å². The molecule has 0 spiro atoms. The number of likely N-dealkylation sites (tertiary alicyclic amines) is 1. The van der Waals surface area contributed by atoms with Gasteiger partial charge < -0.3 is 9.64 Å². The van der Waals surface area contributed by atoms with Crippen molar-refractivity contribution in [1.29, 1.82) is 0 Å². The highest BCUT2D eigenvalue weighted by Gasteiger charge is 2.30. The summed E-state index contributed by atoms with van der Waals surface area (Å²) < 4.78 is 32.1. The highest BCUT2D eigenvalue weighted by Crippen LogP contribution is 2.23. The van der Waals surface area contributed by atoms with Crippen LogP contribution in [-0.2, 0) is 14.8 Å². The number of likely N-dealkylation sites (N-methyl/N-ethyl adjacent to an activating group) is 1. The normalized spacial score (nSPS) is 17.2. The van der Waals surface area contributed by atoms with Crippen LogP contribution in [0.4, 0.5) is 0 Å². The summed E-state index contributed by atoms with van der Waals surface area (Å²) in [5.74, 6) is 1.09. The fourth-order valence-electron chi connectivity index (χ4n) is 3.21. The standard InChI is InChI=1S/C20H26N2O4S2/c1-16-5-7-18(8-6-16)26-12-10-17-9-11-22(14-17)19(23)15-21(2)28(24,25)20-4-3-13-27-20/h3-8,13,17H,9-12,14-15H2,1-2H3. The highest BCUT2D eigenvalue weighted by atomic mass is 32.2. The minimum atomic E-state index is -3.60. The number of benzene rings is 1. The average molecular weight is 423 g/mol. The maximum Gasteiger partial charge on any atom is 0.252 e. The summed E-state index contributed by atoms with van der Waals surface area (Å²) in [5, 5.41) is 1.71. The molecule has 1 aliphatic heterocycles. The Morgan fingerprint density at radius 2 is 2.04 bits per heavy atom. The lowest BCUT2D eigenvalue weighted by Gasteiger charge is -2.21. The molecule has 3 rings (SSSR count). The monoisotopic (exact) mass is 422 g/mol. The molecule has 1 unspecified atom stereocenters. The third-order valence-electron chi connectivity index (χ3n) is 4.97. The molecule has 0 N–H and O–H groups in total. The number of hydrogen-bond acceptors (Lipinski definition) is 5. The minimum Gasteiger partial charge on any atom is -0.494 e. The number of carbonyl (C=O) groups excluding carboxylic acids is 1. The van der Waals surface area contributed by atoms with Gasteiger partial charge in [0.1, 0.15) is 9.96 Å². The molecule has 1 fully saturated rings. The summed E-state index contributed by atoms with van der Waals surface area (Å²) in [7, 11) is -2.14. The van der Waals surface area contributed by atoms with E-state index in [9.17, 15) is 13.2 Å². The fraction of sp³-hybridized carbons (Fsp3) is 0.450. The van der Waals surface area contributed by atoms with Gasteiger partial charge in [0.25, 0.3) is 10.0 Å². The zero-order valence-corrected chi connectivity index (χ0v) is 17.8. The third kappa shape index (κ3) is 5.12. The Balaban J connectivity index is 1.44. The van der Waals surface area contributed by atoms with Gasteiger partial charge in [0.2, 0.25) is 5.91 Å². The molecule has 2 aromatic rings. The molecule has 1 aliphatic rings. The molecule has 1 saturated heterocycles. The first kappa shape index (κ1) is 20.8. The first-order valence-corrected chi connectivity index (χ1v) is 11.7. The van der Waals surface area contributed by atoms with Crippen molar-refractivity contribution in [2.75, 3.05) is 33.3 Å². The number of thiophene rings is 1. The van der Waals surface area contributed by atoms with Crippen LogP contribution in [0.5, 0.6) is 5.75 Å². The Morgan fingerprint density at radius 1 is 1.29 bits per heavy atom.